The second-order valence-corrected chi connectivity index (χ2v) is 7.88. The zero-order valence-electron chi connectivity index (χ0n) is 19.9. The zero-order valence-corrected chi connectivity index (χ0v) is 20.7. The summed E-state index contributed by atoms with van der Waals surface area (Å²) in [4.78, 5) is 0. The molecule has 0 saturated heterocycles. The van der Waals surface area contributed by atoms with Gasteiger partial charge in [-0.3, -0.25) is 0 Å². The van der Waals surface area contributed by atoms with E-state index in [-0.39, 0.29) is 0 Å². The molecule has 1 heterocycles. The molecule has 0 spiro atoms. The zero-order chi connectivity index (χ0) is 23.3. The van der Waals surface area contributed by atoms with Gasteiger partial charge in [0.1, 0.15) is 0 Å². The Morgan fingerprint density at radius 1 is 0.594 bits per heavy atom. The van der Waals surface area contributed by atoms with E-state index >= 15 is 0 Å². The molecule has 0 bridgehead atoms. The first-order valence-corrected chi connectivity index (χ1v) is 12.2. The van der Waals surface area contributed by atoms with Gasteiger partial charge in [0.15, 0.2) is 0 Å². The Balaban J connectivity index is 0.000000308. The maximum absolute atomic E-state index is 3.86. The molecule has 0 fully saturated rings. The van der Waals surface area contributed by atoms with E-state index in [4.69, 9.17) is 0 Å². The van der Waals surface area contributed by atoms with Gasteiger partial charge in [-0.2, -0.15) is 0 Å². The van der Waals surface area contributed by atoms with Gasteiger partial charge in [0.2, 0.25) is 0 Å². The van der Waals surface area contributed by atoms with E-state index in [1.807, 2.05) is 81.5 Å². The molecule has 0 amide bonds. The van der Waals surface area contributed by atoms with Crippen molar-refractivity contribution in [2.45, 2.75) is 34.6 Å². The van der Waals surface area contributed by atoms with Gasteiger partial charge in [-0.05, 0) is 53.9 Å². The third-order valence-corrected chi connectivity index (χ3v) is 5.90. The summed E-state index contributed by atoms with van der Waals surface area (Å²) in [6.07, 6.45) is 1.89. The number of hydrogen-bond acceptors (Lipinski definition) is 1. The van der Waals surface area contributed by atoms with Crippen LogP contribution in [0.15, 0.2) is 104 Å². The quantitative estimate of drug-likeness (QED) is 0.257. The van der Waals surface area contributed by atoms with Crippen molar-refractivity contribution in [3.05, 3.63) is 115 Å². The first-order chi connectivity index (χ1) is 15.7. The van der Waals surface area contributed by atoms with Crippen LogP contribution in [0.5, 0.6) is 0 Å². The van der Waals surface area contributed by atoms with Crippen molar-refractivity contribution >= 4 is 37.6 Å². The molecule has 0 aliphatic heterocycles. The lowest BCUT2D eigenvalue weighted by atomic mass is 10.0. The number of thiophene rings is 1. The van der Waals surface area contributed by atoms with E-state index in [2.05, 4.69) is 74.2 Å². The van der Waals surface area contributed by atoms with Gasteiger partial charge in [0, 0.05) is 20.2 Å². The molecule has 0 saturated carbocycles. The largest absolute Gasteiger partial charge is 0.135 e. The topological polar surface area (TPSA) is 0 Å². The third kappa shape index (κ3) is 6.42. The molecule has 164 valence electrons. The van der Waals surface area contributed by atoms with Crippen LogP contribution >= 0.6 is 11.3 Å². The predicted molar refractivity (Wildman–Crippen MR) is 149 cm³/mol. The number of hydrogen-bond donors (Lipinski definition) is 0. The lowest BCUT2D eigenvalue weighted by Gasteiger charge is -2.04. The molecular weight excluding hydrogens is 404 g/mol. The SMILES string of the molecule is C=Cc1cccc(-c2ccc3sc4ccc(C)cc4c3c2)c1.CC.CC.c1ccccc1. The number of rotatable bonds is 2. The van der Waals surface area contributed by atoms with Crippen LogP contribution in [-0.2, 0) is 0 Å². The molecule has 1 aromatic heterocycles. The minimum Gasteiger partial charge on any atom is -0.135 e. The second kappa shape index (κ2) is 13.3. The van der Waals surface area contributed by atoms with Crippen LogP contribution in [0, 0.1) is 6.92 Å². The molecule has 5 rings (SSSR count). The Bertz CT molecular complexity index is 1200. The van der Waals surface area contributed by atoms with Crippen molar-refractivity contribution in [1.29, 1.82) is 0 Å². The fourth-order valence-electron chi connectivity index (χ4n) is 3.30. The molecule has 0 radical (unpaired) electrons. The third-order valence-electron chi connectivity index (χ3n) is 4.75. The normalized spacial score (nSPS) is 9.53. The summed E-state index contributed by atoms with van der Waals surface area (Å²) in [7, 11) is 0. The second-order valence-electron chi connectivity index (χ2n) is 6.80. The van der Waals surface area contributed by atoms with Crippen LogP contribution in [0.25, 0.3) is 37.4 Å². The molecule has 32 heavy (non-hydrogen) atoms. The smallest absolute Gasteiger partial charge is 0.0355 e. The highest BCUT2D eigenvalue weighted by atomic mass is 32.1. The molecule has 0 atom stereocenters. The van der Waals surface area contributed by atoms with Crippen LogP contribution in [0.3, 0.4) is 0 Å². The average molecular weight is 439 g/mol. The molecular formula is C31H34S. The number of fused-ring (bicyclic) bond motifs is 3. The first kappa shape index (κ1) is 25.1. The van der Waals surface area contributed by atoms with Crippen molar-refractivity contribution in [3.8, 4) is 11.1 Å². The van der Waals surface area contributed by atoms with Gasteiger partial charge in [-0.1, -0.05) is 113 Å². The Kier molecular flexibility index (Phi) is 10.4. The van der Waals surface area contributed by atoms with E-state index < -0.39 is 0 Å². The highest BCUT2D eigenvalue weighted by Crippen LogP contribution is 2.36. The first-order valence-electron chi connectivity index (χ1n) is 11.4. The van der Waals surface area contributed by atoms with E-state index in [1.165, 1.54) is 36.9 Å². The summed E-state index contributed by atoms with van der Waals surface area (Å²) < 4.78 is 2.71. The van der Waals surface area contributed by atoms with Crippen LogP contribution in [0.2, 0.25) is 0 Å². The summed E-state index contributed by atoms with van der Waals surface area (Å²) in [6.45, 7) is 14.0. The molecule has 0 N–H and O–H groups in total. The fourth-order valence-corrected chi connectivity index (χ4v) is 4.37. The Morgan fingerprint density at radius 3 is 1.72 bits per heavy atom. The predicted octanol–water partition coefficient (Wildman–Crippen LogP) is 10.4. The van der Waals surface area contributed by atoms with Gasteiger partial charge in [0.25, 0.3) is 0 Å². The highest BCUT2D eigenvalue weighted by molar-refractivity contribution is 7.25. The van der Waals surface area contributed by atoms with Crippen molar-refractivity contribution in [2.75, 3.05) is 0 Å². The lowest BCUT2D eigenvalue weighted by Crippen LogP contribution is -1.79. The van der Waals surface area contributed by atoms with Gasteiger partial charge in [-0.15, -0.1) is 11.3 Å². The summed E-state index contributed by atoms with van der Waals surface area (Å²) >= 11 is 1.87. The standard InChI is InChI=1S/C21H16S.C6H6.2C2H6/c1-3-15-5-4-6-16(12-15)17-8-10-21-19(13-17)18-11-14(2)7-9-20(18)22-21;1-2-4-6-5-3-1;2*1-2/h3-13H,1H2,2H3;1-6H;2*1-2H3. The maximum atomic E-state index is 3.86. The van der Waals surface area contributed by atoms with Crippen molar-refractivity contribution in [3.63, 3.8) is 0 Å². The van der Waals surface area contributed by atoms with E-state index in [0.717, 1.165) is 5.56 Å². The Labute approximate surface area is 197 Å². The fraction of sp³-hybridized carbons (Fsp3) is 0.161. The molecule has 0 unspecified atom stereocenters. The summed E-state index contributed by atoms with van der Waals surface area (Å²) in [5.74, 6) is 0. The van der Waals surface area contributed by atoms with Gasteiger partial charge in [0.05, 0.1) is 0 Å². The van der Waals surface area contributed by atoms with Gasteiger partial charge in [-0.25, -0.2) is 0 Å². The van der Waals surface area contributed by atoms with Gasteiger partial charge >= 0.3 is 0 Å². The average Bonchev–Trinajstić information content (AvgIpc) is 3.25. The van der Waals surface area contributed by atoms with Crippen molar-refractivity contribution in [2.24, 2.45) is 0 Å². The van der Waals surface area contributed by atoms with E-state index in [1.54, 1.807) is 0 Å². The molecule has 1 heteroatoms. The van der Waals surface area contributed by atoms with Crippen molar-refractivity contribution in [1.82, 2.24) is 0 Å². The Morgan fingerprint density at radius 2 is 1.12 bits per heavy atom. The molecule has 0 nitrogen and oxygen atoms in total. The molecule has 5 aromatic rings. The van der Waals surface area contributed by atoms with Crippen molar-refractivity contribution < 1.29 is 0 Å². The van der Waals surface area contributed by atoms with E-state index in [9.17, 15) is 0 Å². The Hall–Kier alpha value is -3.16. The molecule has 4 aromatic carbocycles. The molecule has 0 aliphatic rings. The van der Waals surface area contributed by atoms with Crippen LogP contribution in [-0.4, -0.2) is 0 Å². The summed E-state index contributed by atoms with van der Waals surface area (Å²) in [6, 6.07) is 34.0. The summed E-state index contributed by atoms with van der Waals surface area (Å²) in [5.41, 5.74) is 4.97. The van der Waals surface area contributed by atoms with Crippen LogP contribution < -0.4 is 0 Å². The monoisotopic (exact) mass is 438 g/mol. The maximum Gasteiger partial charge on any atom is 0.0355 e. The van der Waals surface area contributed by atoms with E-state index in [0.29, 0.717) is 0 Å². The van der Waals surface area contributed by atoms with Crippen LogP contribution in [0.4, 0.5) is 0 Å². The highest BCUT2D eigenvalue weighted by Gasteiger charge is 2.07. The number of aryl methyl sites for hydroxylation is 1. The summed E-state index contributed by atoms with van der Waals surface area (Å²) in [5, 5.41) is 2.71. The lowest BCUT2D eigenvalue weighted by molar-refractivity contribution is 1.50. The minimum absolute atomic E-state index is 1.16. The minimum atomic E-state index is 1.16. The van der Waals surface area contributed by atoms with Gasteiger partial charge < -0.3 is 0 Å². The molecule has 0 aliphatic carbocycles. The number of benzene rings is 4. The van der Waals surface area contributed by atoms with Crippen LogP contribution in [0.1, 0.15) is 38.8 Å².